The van der Waals surface area contributed by atoms with E-state index in [1.807, 2.05) is 13.8 Å². The molecule has 0 spiro atoms. The van der Waals surface area contributed by atoms with Crippen LogP contribution in [0.5, 0.6) is 23.0 Å². The smallest absolute Gasteiger partial charge is 0.336 e. The standard InChI is InChI=1S/C26H29N3O8S2/c1-6-16(7-2)24(32)27-25-28-29-26(39-25)38-14-17-12-18(30)21(13-36-17)37-22(31)9-8-15-10-19(33-3)23(35-5)20(11-15)34-4/h8-13,16H,6-7,14H2,1-5H3,(H,27,28,32)/b9-8+. The monoisotopic (exact) mass is 575 g/mol. The normalized spacial score (nSPS) is 11.0. The van der Waals surface area contributed by atoms with Crippen molar-refractivity contribution in [3.05, 3.63) is 52.1 Å². The number of nitrogens with one attached hydrogen (secondary N) is 1. The molecule has 3 aromatic rings. The molecule has 13 heteroatoms. The number of anilines is 1. The molecule has 0 unspecified atom stereocenters. The molecule has 0 aliphatic rings. The summed E-state index contributed by atoms with van der Waals surface area (Å²) in [6.45, 7) is 3.92. The van der Waals surface area contributed by atoms with Crippen molar-refractivity contribution >= 4 is 46.2 Å². The number of ether oxygens (including phenoxy) is 4. The van der Waals surface area contributed by atoms with E-state index >= 15 is 0 Å². The van der Waals surface area contributed by atoms with Crippen LogP contribution in [0.2, 0.25) is 0 Å². The van der Waals surface area contributed by atoms with Gasteiger partial charge in [-0.15, -0.1) is 10.2 Å². The first-order valence-corrected chi connectivity index (χ1v) is 13.7. The third-order valence-electron chi connectivity index (χ3n) is 5.49. The topological polar surface area (TPSA) is 139 Å². The molecule has 0 bridgehead atoms. The summed E-state index contributed by atoms with van der Waals surface area (Å²) < 4.78 is 27.1. The van der Waals surface area contributed by atoms with Gasteiger partial charge in [-0.05, 0) is 36.6 Å². The molecule has 39 heavy (non-hydrogen) atoms. The maximum Gasteiger partial charge on any atom is 0.336 e. The molecule has 0 saturated heterocycles. The number of hydrogen-bond donors (Lipinski definition) is 1. The second kappa shape index (κ2) is 14.4. The molecule has 2 heterocycles. The van der Waals surface area contributed by atoms with Crippen molar-refractivity contribution in [2.45, 2.75) is 36.8 Å². The summed E-state index contributed by atoms with van der Waals surface area (Å²) in [6, 6.07) is 4.57. The number of aromatic nitrogens is 2. The summed E-state index contributed by atoms with van der Waals surface area (Å²) in [4.78, 5) is 37.0. The van der Waals surface area contributed by atoms with Gasteiger partial charge < -0.3 is 28.7 Å². The number of esters is 1. The largest absolute Gasteiger partial charge is 0.493 e. The fourth-order valence-corrected chi connectivity index (χ4v) is 5.06. The van der Waals surface area contributed by atoms with Crippen LogP contribution in [-0.4, -0.2) is 43.4 Å². The van der Waals surface area contributed by atoms with Gasteiger partial charge in [-0.3, -0.25) is 9.59 Å². The van der Waals surface area contributed by atoms with Crippen LogP contribution in [-0.2, 0) is 15.3 Å². The van der Waals surface area contributed by atoms with Gasteiger partial charge in [-0.1, -0.05) is 36.9 Å². The van der Waals surface area contributed by atoms with Crippen LogP contribution in [0, 0.1) is 5.92 Å². The van der Waals surface area contributed by atoms with E-state index < -0.39 is 11.4 Å². The lowest BCUT2D eigenvalue weighted by atomic mass is 10.0. The van der Waals surface area contributed by atoms with E-state index in [1.165, 1.54) is 62.6 Å². The van der Waals surface area contributed by atoms with Gasteiger partial charge in [0.1, 0.15) is 12.0 Å². The van der Waals surface area contributed by atoms with Gasteiger partial charge in [0.2, 0.25) is 28.0 Å². The van der Waals surface area contributed by atoms with E-state index in [0.29, 0.717) is 43.8 Å². The average Bonchev–Trinajstić information content (AvgIpc) is 3.39. The number of thioether (sulfide) groups is 1. The summed E-state index contributed by atoms with van der Waals surface area (Å²) in [5, 5.41) is 11.2. The maximum absolute atomic E-state index is 12.5. The minimum atomic E-state index is -0.769. The summed E-state index contributed by atoms with van der Waals surface area (Å²) in [5.74, 6) is 0.756. The summed E-state index contributed by atoms with van der Waals surface area (Å²) >= 11 is 2.53. The highest BCUT2D eigenvalue weighted by molar-refractivity contribution is 8.00. The Bertz CT molecular complexity index is 1360. The lowest BCUT2D eigenvalue weighted by molar-refractivity contribution is -0.129. The van der Waals surface area contributed by atoms with Crippen molar-refractivity contribution in [2.24, 2.45) is 5.92 Å². The van der Waals surface area contributed by atoms with Gasteiger partial charge in [0.05, 0.1) is 27.1 Å². The molecule has 0 saturated carbocycles. The molecule has 1 amide bonds. The minimum Gasteiger partial charge on any atom is -0.493 e. The predicted molar refractivity (Wildman–Crippen MR) is 148 cm³/mol. The van der Waals surface area contributed by atoms with Crippen molar-refractivity contribution in [1.82, 2.24) is 10.2 Å². The van der Waals surface area contributed by atoms with E-state index in [-0.39, 0.29) is 17.6 Å². The van der Waals surface area contributed by atoms with Crippen molar-refractivity contribution in [1.29, 1.82) is 0 Å². The first-order valence-electron chi connectivity index (χ1n) is 11.9. The van der Waals surface area contributed by atoms with Crippen LogP contribution < -0.4 is 29.7 Å². The number of rotatable bonds is 13. The number of hydrogen-bond acceptors (Lipinski definition) is 12. The number of nitrogens with zero attached hydrogens (tertiary/aromatic N) is 2. The lowest BCUT2D eigenvalue weighted by Gasteiger charge is -2.12. The zero-order valence-corrected chi connectivity index (χ0v) is 23.8. The van der Waals surface area contributed by atoms with Crippen LogP contribution in [0.4, 0.5) is 5.13 Å². The van der Waals surface area contributed by atoms with Crippen molar-refractivity contribution in [2.75, 3.05) is 26.6 Å². The van der Waals surface area contributed by atoms with E-state index in [4.69, 9.17) is 23.4 Å². The first kappa shape index (κ1) is 29.7. The molecule has 208 valence electrons. The highest BCUT2D eigenvalue weighted by Crippen LogP contribution is 2.38. The van der Waals surface area contributed by atoms with Crippen LogP contribution in [0.3, 0.4) is 0 Å². The van der Waals surface area contributed by atoms with Crippen LogP contribution in [0.25, 0.3) is 6.08 Å². The molecular weight excluding hydrogens is 546 g/mol. The molecule has 0 atom stereocenters. The molecule has 1 N–H and O–H groups in total. The predicted octanol–water partition coefficient (Wildman–Crippen LogP) is 4.80. The Hall–Kier alpha value is -3.84. The molecule has 1 aromatic carbocycles. The molecule has 0 fully saturated rings. The van der Waals surface area contributed by atoms with Gasteiger partial charge in [-0.2, -0.15) is 0 Å². The Kier molecular flexibility index (Phi) is 10.9. The number of carbonyl (C=O) groups is 2. The van der Waals surface area contributed by atoms with E-state index in [9.17, 15) is 14.4 Å². The molecule has 0 radical (unpaired) electrons. The van der Waals surface area contributed by atoms with Gasteiger partial charge in [0.25, 0.3) is 0 Å². The molecule has 11 nitrogen and oxygen atoms in total. The van der Waals surface area contributed by atoms with E-state index in [0.717, 1.165) is 19.1 Å². The Morgan fingerprint density at radius 1 is 1.05 bits per heavy atom. The first-order chi connectivity index (χ1) is 18.8. The Balaban J connectivity index is 1.58. The number of benzene rings is 1. The highest BCUT2D eigenvalue weighted by Gasteiger charge is 2.17. The number of amides is 1. The maximum atomic E-state index is 12.5. The van der Waals surface area contributed by atoms with Gasteiger partial charge in [-0.25, -0.2) is 4.79 Å². The second-order valence-electron chi connectivity index (χ2n) is 7.95. The molecule has 3 rings (SSSR count). The number of methoxy groups -OCH3 is 3. The van der Waals surface area contributed by atoms with Gasteiger partial charge >= 0.3 is 5.97 Å². The van der Waals surface area contributed by atoms with Crippen molar-refractivity contribution in [3.63, 3.8) is 0 Å². The molecule has 0 aliphatic heterocycles. The third-order valence-corrected chi connectivity index (χ3v) is 7.49. The quantitative estimate of drug-likeness (QED) is 0.130. The van der Waals surface area contributed by atoms with Crippen LogP contribution in [0.15, 0.2) is 44.1 Å². The highest BCUT2D eigenvalue weighted by atomic mass is 32.2. The second-order valence-corrected chi connectivity index (χ2v) is 10.2. The van der Waals surface area contributed by atoms with Crippen molar-refractivity contribution < 1.29 is 33.0 Å². The fraction of sp³-hybridized carbons (Fsp3) is 0.346. The van der Waals surface area contributed by atoms with E-state index in [2.05, 4.69) is 15.5 Å². The van der Waals surface area contributed by atoms with E-state index in [1.54, 1.807) is 12.1 Å². The minimum absolute atomic E-state index is 0.0724. The Morgan fingerprint density at radius 2 is 1.74 bits per heavy atom. The molecule has 0 aliphatic carbocycles. The van der Waals surface area contributed by atoms with Gasteiger partial charge in [0.15, 0.2) is 15.8 Å². The summed E-state index contributed by atoms with van der Waals surface area (Å²) in [5.41, 5.74) is 0.0811. The Morgan fingerprint density at radius 3 is 2.33 bits per heavy atom. The molecular formula is C26H29N3O8S2. The third kappa shape index (κ3) is 8.07. The van der Waals surface area contributed by atoms with Crippen LogP contribution >= 0.6 is 23.1 Å². The number of carbonyl (C=O) groups excluding carboxylic acids is 2. The lowest BCUT2D eigenvalue weighted by Crippen LogP contribution is -2.21. The Labute approximate surface area is 233 Å². The average molecular weight is 576 g/mol. The van der Waals surface area contributed by atoms with Gasteiger partial charge in [0, 0.05) is 18.1 Å². The SMILES string of the molecule is CCC(CC)C(=O)Nc1nnc(SCc2cc(=O)c(OC(=O)/C=C/c3cc(OC)c(OC)c(OC)c3)co2)s1. The molecule has 2 aromatic heterocycles. The summed E-state index contributed by atoms with van der Waals surface area (Å²) in [6.07, 6.45) is 5.24. The zero-order chi connectivity index (χ0) is 28.4. The van der Waals surface area contributed by atoms with Crippen LogP contribution in [0.1, 0.15) is 38.0 Å². The summed E-state index contributed by atoms with van der Waals surface area (Å²) in [7, 11) is 4.47. The zero-order valence-electron chi connectivity index (χ0n) is 22.1. The fourth-order valence-electron chi connectivity index (χ4n) is 3.41. The van der Waals surface area contributed by atoms with Crippen molar-refractivity contribution in [3.8, 4) is 23.0 Å².